The number of halogens is 3. The molecule has 1 aliphatic rings. The second kappa shape index (κ2) is 8.19. The van der Waals surface area contributed by atoms with Gasteiger partial charge in [0.15, 0.2) is 0 Å². The van der Waals surface area contributed by atoms with E-state index in [1.54, 1.807) is 4.90 Å². The minimum atomic E-state index is -4.46. The van der Waals surface area contributed by atoms with Gasteiger partial charge in [0.25, 0.3) is 0 Å². The van der Waals surface area contributed by atoms with Gasteiger partial charge in [-0.15, -0.1) is 0 Å². The first-order valence-electron chi connectivity index (χ1n) is 8.95. The first-order valence-corrected chi connectivity index (χ1v) is 8.95. The molecule has 8 nitrogen and oxygen atoms in total. The van der Waals surface area contributed by atoms with Gasteiger partial charge in [-0.05, 0) is 31.5 Å². The van der Waals surface area contributed by atoms with Crippen molar-refractivity contribution < 1.29 is 22.8 Å². The van der Waals surface area contributed by atoms with Crippen LogP contribution in [-0.2, 0) is 17.5 Å². The van der Waals surface area contributed by atoms with Crippen molar-refractivity contribution in [3.63, 3.8) is 0 Å². The van der Waals surface area contributed by atoms with Gasteiger partial charge in [-0.3, -0.25) is 10.1 Å². The second-order valence-corrected chi connectivity index (χ2v) is 6.87. The molecule has 0 radical (unpaired) electrons. The predicted molar refractivity (Wildman–Crippen MR) is 99.7 cm³/mol. The SMILES string of the molecule is CC1CN(c2ncnc(NCc3cccc(C(F)(F)F)c3)c2[N+](=O)[O-])CC(C)O1. The maximum absolute atomic E-state index is 12.9. The summed E-state index contributed by atoms with van der Waals surface area (Å²) < 4.78 is 44.3. The zero-order valence-corrected chi connectivity index (χ0v) is 15.8. The number of hydrogen-bond acceptors (Lipinski definition) is 7. The van der Waals surface area contributed by atoms with E-state index in [4.69, 9.17) is 4.74 Å². The largest absolute Gasteiger partial charge is 0.416 e. The van der Waals surface area contributed by atoms with Crippen LogP contribution in [0.25, 0.3) is 0 Å². The molecule has 3 rings (SSSR count). The topological polar surface area (TPSA) is 93.4 Å². The minimum absolute atomic E-state index is 0.0517. The number of nitro groups is 1. The van der Waals surface area contributed by atoms with Crippen molar-refractivity contribution in [1.82, 2.24) is 9.97 Å². The maximum atomic E-state index is 12.9. The van der Waals surface area contributed by atoms with E-state index in [9.17, 15) is 23.3 Å². The zero-order valence-electron chi connectivity index (χ0n) is 15.8. The number of anilines is 2. The fourth-order valence-corrected chi connectivity index (χ4v) is 3.29. The van der Waals surface area contributed by atoms with Gasteiger partial charge in [-0.1, -0.05) is 12.1 Å². The zero-order chi connectivity index (χ0) is 21.2. The third-order valence-electron chi connectivity index (χ3n) is 4.42. The summed E-state index contributed by atoms with van der Waals surface area (Å²) in [7, 11) is 0. The van der Waals surface area contributed by atoms with Gasteiger partial charge in [0, 0.05) is 19.6 Å². The first kappa shape index (κ1) is 20.8. The quantitative estimate of drug-likeness (QED) is 0.593. The molecular formula is C18H20F3N5O3. The van der Waals surface area contributed by atoms with E-state index in [0.717, 1.165) is 12.1 Å². The number of morpholine rings is 1. The van der Waals surface area contributed by atoms with Gasteiger partial charge in [0.1, 0.15) is 6.33 Å². The van der Waals surface area contributed by atoms with Crippen molar-refractivity contribution in [3.05, 3.63) is 51.8 Å². The Morgan fingerprint density at radius 1 is 1.28 bits per heavy atom. The number of aromatic nitrogens is 2. The van der Waals surface area contributed by atoms with Crippen LogP contribution in [0.5, 0.6) is 0 Å². The lowest BCUT2D eigenvalue weighted by Crippen LogP contribution is -2.46. The van der Waals surface area contributed by atoms with E-state index < -0.39 is 16.7 Å². The summed E-state index contributed by atoms with van der Waals surface area (Å²) in [5, 5.41) is 14.5. The van der Waals surface area contributed by atoms with Crippen LogP contribution in [0.2, 0.25) is 0 Å². The molecule has 1 fully saturated rings. The number of hydrogen-bond donors (Lipinski definition) is 1. The van der Waals surface area contributed by atoms with Crippen molar-refractivity contribution >= 4 is 17.3 Å². The van der Waals surface area contributed by atoms with Crippen LogP contribution in [-0.4, -0.2) is 40.2 Å². The van der Waals surface area contributed by atoms with Crippen LogP contribution in [0.4, 0.5) is 30.5 Å². The molecule has 2 atom stereocenters. The fraction of sp³-hybridized carbons (Fsp3) is 0.444. The molecular weight excluding hydrogens is 391 g/mol. The van der Waals surface area contributed by atoms with Crippen LogP contribution in [0.3, 0.4) is 0 Å². The smallest absolute Gasteiger partial charge is 0.372 e. The molecule has 0 spiro atoms. The van der Waals surface area contributed by atoms with Crippen molar-refractivity contribution in [2.75, 3.05) is 23.3 Å². The Balaban J connectivity index is 1.86. The lowest BCUT2D eigenvalue weighted by Gasteiger charge is -2.35. The van der Waals surface area contributed by atoms with Crippen LogP contribution < -0.4 is 10.2 Å². The average molecular weight is 411 g/mol. The Kier molecular flexibility index (Phi) is 5.87. The van der Waals surface area contributed by atoms with Gasteiger partial charge < -0.3 is 15.0 Å². The van der Waals surface area contributed by atoms with Gasteiger partial charge in [-0.25, -0.2) is 9.97 Å². The van der Waals surface area contributed by atoms with Crippen molar-refractivity contribution in [3.8, 4) is 0 Å². The second-order valence-electron chi connectivity index (χ2n) is 6.87. The molecule has 0 saturated carbocycles. The Morgan fingerprint density at radius 3 is 2.59 bits per heavy atom. The summed E-state index contributed by atoms with van der Waals surface area (Å²) in [4.78, 5) is 20.9. The van der Waals surface area contributed by atoms with Gasteiger partial charge in [-0.2, -0.15) is 13.2 Å². The van der Waals surface area contributed by atoms with E-state index in [0.29, 0.717) is 18.7 Å². The highest BCUT2D eigenvalue weighted by atomic mass is 19.4. The highest BCUT2D eigenvalue weighted by Gasteiger charge is 2.32. The van der Waals surface area contributed by atoms with Gasteiger partial charge in [0.05, 0.1) is 22.7 Å². The van der Waals surface area contributed by atoms with Crippen molar-refractivity contribution in [2.24, 2.45) is 0 Å². The number of rotatable bonds is 5. The van der Waals surface area contributed by atoms with E-state index in [1.165, 1.54) is 18.5 Å². The van der Waals surface area contributed by atoms with Gasteiger partial charge in [0.2, 0.25) is 11.6 Å². The molecule has 1 aliphatic heterocycles. The van der Waals surface area contributed by atoms with Crippen LogP contribution in [0.15, 0.2) is 30.6 Å². The average Bonchev–Trinajstić information content (AvgIpc) is 2.64. The van der Waals surface area contributed by atoms with Crippen molar-refractivity contribution in [2.45, 2.75) is 38.8 Å². The summed E-state index contributed by atoms with van der Waals surface area (Å²) in [5.41, 5.74) is -0.783. The molecule has 0 amide bonds. The number of alkyl halides is 3. The number of nitrogens with zero attached hydrogens (tertiary/aromatic N) is 4. The number of nitrogens with one attached hydrogen (secondary N) is 1. The Labute approximate surface area is 164 Å². The Morgan fingerprint density at radius 2 is 1.97 bits per heavy atom. The first-order chi connectivity index (χ1) is 13.6. The van der Waals surface area contributed by atoms with Crippen molar-refractivity contribution in [1.29, 1.82) is 0 Å². The summed E-state index contributed by atoms with van der Waals surface area (Å²) in [6, 6.07) is 4.75. The number of benzene rings is 1. The molecule has 29 heavy (non-hydrogen) atoms. The number of ether oxygens (including phenoxy) is 1. The van der Waals surface area contributed by atoms with E-state index in [-0.39, 0.29) is 36.1 Å². The fourth-order valence-electron chi connectivity index (χ4n) is 3.29. The molecule has 0 bridgehead atoms. The molecule has 1 aromatic carbocycles. The molecule has 156 valence electrons. The molecule has 11 heteroatoms. The van der Waals surface area contributed by atoms with Crippen LogP contribution in [0, 0.1) is 10.1 Å². The van der Waals surface area contributed by atoms with E-state index >= 15 is 0 Å². The minimum Gasteiger partial charge on any atom is -0.372 e. The standard InChI is InChI=1S/C18H20F3N5O3/c1-11-8-25(9-12(2)29-11)17-15(26(27)28)16(23-10-24-17)22-7-13-4-3-5-14(6-13)18(19,20)21/h3-6,10-12H,7-9H2,1-2H3,(H,22,23,24). The summed E-state index contributed by atoms with van der Waals surface area (Å²) in [6.07, 6.45) is -3.53. The van der Waals surface area contributed by atoms with Gasteiger partial charge >= 0.3 is 11.9 Å². The Hall–Kier alpha value is -2.95. The van der Waals surface area contributed by atoms with E-state index in [1.807, 2.05) is 13.8 Å². The maximum Gasteiger partial charge on any atom is 0.416 e. The predicted octanol–water partition coefficient (Wildman–Crippen LogP) is 3.63. The highest BCUT2D eigenvalue weighted by molar-refractivity contribution is 5.70. The summed E-state index contributed by atoms with van der Waals surface area (Å²) in [6.45, 7) is 4.52. The summed E-state index contributed by atoms with van der Waals surface area (Å²) >= 11 is 0. The molecule has 2 unspecified atom stereocenters. The monoisotopic (exact) mass is 411 g/mol. The lowest BCUT2D eigenvalue weighted by atomic mass is 10.1. The normalized spacial score (nSPS) is 19.8. The van der Waals surface area contributed by atoms with Crippen LogP contribution >= 0.6 is 0 Å². The third kappa shape index (κ3) is 4.91. The lowest BCUT2D eigenvalue weighted by molar-refractivity contribution is -0.383. The summed E-state index contributed by atoms with van der Waals surface area (Å²) in [5.74, 6) is 0.0998. The molecule has 0 aliphatic carbocycles. The molecule has 2 heterocycles. The Bertz CT molecular complexity index is 883. The highest BCUT2D eigenvalue weighted by Crippen LogP contribution is 2.34. The molecule has 1 aromatic heterocycles. The van der Waals surface area contributed by atoms with E-state index in [2.05, 4.69) is 15.3 Å². The molecule has 1 saturated heterocycles. The van der Waals surface area contributed by atoms with Crippen LogP contribution in [0.1, 0.15) is 25.0 Å². The third-order valence-corrected chi connectivity index (χ3v) is 4.42. The molecule has 1 N–H and O–H groups in total. The molecule has 2 aromatic rings.